The average Bonchev–Trinajstić information content (AvgIpc) is 2.70. The first-order valence-corrected chi connectivity index (χ1v) is 12.2. The number of aliphatic hydroxyl groups excluding tert-OH is 1. The molecule has 0 heterocycles. The summed E-state index contributed by atoms with van der Waals surface area (Å²) in [6.07, 6.45) is 15.9. The van der Waals surface area contributed by atoms with Gasteiger partial charge in [-0.15, -0.1) is 0 Å². The molecule has 0 fully saturated rings. The number of hydrogen-bond acceptors (Lipinski definition) is 3. The van der Waals surface area contributed by atoms with Crippen LogP contribution in [0.3, 0.4) is 0 Å². The summed E-state index contributed by atoms with van der Waals surface area (Å²) in [5, 5.41) is 18.4. The second kappa shape index (κ2) is 16.7. The maximum absolute atomic E-state index is 11.0. The third-order valence-electron chi connectivity index (χ3n) is 5.62. The van der Waals surface area contributed by atoms with E-state index in [-0.39, 0.29) is 12.0 Å². The minimum absolute atomic E-state index is 0.123. The zero-order chi connectivity index (χ0) is 25.4. The van der Waals surface area contributed by atoms with E-state index < -0.39 is 18.2 Å². The first-order chi connectivity index (χ1) is 15.3. The summed E-state index contributed by atoms with van der Waals surface area (Å²) in [6, 6.07) is 0. The van der Waals surface area contributed by atoms with E-state index in [0.29, 0.717) is 0 Å². The van der Waals surface area contributed by atoms with Crippen molar-refractivity contribution in [1.82, 2.24) is 0 Å². The van der Waals surface area contributed by atoms with Crippen LogP contribution in [-0.2, 0) is 9.53 Å². The SMILES string of the molecule is C=C(C/C=C(\C)CCC=C(C)C)CCC(C)(C)/C=C/CC/C(C)=C\COC(C(=O)O)C(C)O. The monoisotopic (exact) mass is 460 g/mol. The van der Waals surface area contributed by atoms with Gasteiger partial charge in [0.2, 0.25) is 0 Å². The minimum atomic E-state index is -1.19. The Morgan fingerprint density at radius 1 is 1.00 bits per heavy atom. The van der Waals surface area contributed by atoms with Gasteiger partial charge in [-0.3, -0.25) is 0 Å². The molecule has 0 aromatic carbocycles. The van der Waals surface area contributed by atoms with E-state index in [1.54, 1.807) is 0 Å². The molecule has 188 valence electrons. The molecule has 0 saturated carbocycles. The molecule has 4 nitrogen and oxygen atoms in total. The lowest BCUT2D eigenvalue weighted by Crippen LogP contribution is -2.34. The van der Waals surface area contributed by atoms with E-state index in [0.717, 1.165) is 50.5 Å². The van der Waals surface area contributed by atoms with Gasteiger partial charge in [-0.25, -0.2) is 4.79 Å². The van der Waals surface area contributed by atoms with Gasteiger partial charge in [-0.05, 0) is 85.0 Å². The van der Waals surface area contributed by atoms with Gasteiger partial charge < -0.3 is 14.9 Å². The maximum Gasteiger partial charge on any atom is 0.335 e. The number of hydrogen-bond donors (Lipinski definition) is 2. The van der Waals surface area contributed by atoms with Gasteiger partial charge in [0.25, 0.3) is 0 Å². The molecule has 0 spiro atoms. The Hall–Kier alpha value is -1.91. The molecule has 0 amide bonds. The van der Waals surface area contributed by atoms with E-state index in [1.807, 2.05) is 13.0 Å². The highest BCUT2D eigenvalue weighted by molar-refractivity contribution is 5.73. The Morgan fingerprint density at radius 3 is 2.18 bits per heavy atom. The van der Waals surface area contributed by atoms with Crippen LogP contribution in [0.4, 0.5) is 0 Å². The van der Waals surface area contributed by atoms with E-state index in [1.165, 1.54) is 23.6 Å². The zero-order valence-electron chi connectivity index (χ0n) is 22.1. The molecular weight excluding hydrogens is 412 g/mol. The normalized spacial score (nSPS) is 14.9. The molecule has 0 rings (SSSR count). The van der Waals surface area contributed by atoms with Crippen molar-refractivity contribution in [2.75, 3.05) is 6.61 Å². The van der Waals surface area contributed by atoms with E-state index in [4.69, 9.17) is 9.84 Å². The Labute approximate surface area is 202 Å². The Morgan fingerprint density at radius 2 is 1.61 bits per heavy atom. The van der Waals surface area contributed by atoms with Crippen LogP contribution >= 0.6 is 0 Å². The number of rotatable bonds is 17. The molecule has 0 aromatic heterocycles. The van der Waals surface area contributed by atoms with Gasteiger partial charge in [0, 0.05) is 0 Å². The fraction of sp³-hybridized carbons (Fsp3) is 0.621. The summed E-state index contributed by atoms with van der Waals surface area (Å²) in [7, 11) is 0. The van der Waals surface area contributed by atoms with Crippen LogP contribution in [0.2, 0.25) is 0 Å². The first kappa shape index (κ1) is 31.1. The molecule has 0 aliphatic carbocycles. The number of carboxylic acids is 1. The number of allylic oxidation sites excluding steroid dienone is 8. The standard InChI is InChI=1S/C29H48O4/c1-22(2)12-11-14-23(3)15-16-25(5)17-20-29(7,8)19-10-9-13-24(4)18-21-33-27(26(6)30)28(31)32/h10,12,15,18-19,26-27,30H,5,9,11,13-14,16-17,20-21H2,1-4,6-8H3,(H,31,32)/b19-10+,23-15+,24-18-. The van der Waals surface area contributed by atoms with Crippen LogP contribution < -0.4 is 0 Å². The molecule has 0 bridgehead atoms. The molecule has 2 atom stereocenters. The summed E-state index contributed by atoms with van der Waals surface area (Å²) >= 11 is 0. The first-order valence-electron chi connectivity index (χ1n) is 12.2. The van der Waals surface area contributed by atoms with Crippen LogP contribution in [0, 0.1) is 5.41 Å². The van der Waals surface area contributed by atoms with E-state index in [2.05, 4.69) is 65.5 Å². The molecule has 0 radical (unpaired) electrons. The van der Waals surface area contributed by atoms with Gasteiger partial charge in [-0.1, -0.05) is 73.1 Å². The van der Waals surface area contributed by atoms with Gasteiger partial charge in [0.15, 0.2) is 6.10 Å². The predicted octanol–water partition coefficient (Wildman–Crippen LogP) is 7.57. The second-order valence-corrected chi connectivity index (χ2v) is 10.1. The van der Waals surface area contributed by atoms with Crippen molar-refractivity contribution in [3.05, 3.63) is 59.3 Å². The second-order valence-electron chi connectivity index (χ2n) is 10.1. The molecule has 2 unspecified atom stereocenters. The van der Waals surface area contributed by atoms with E-state index in [9.17, 15) is 9.90 Å². The molecule has 0 aromatic rings. The number of ether oxygens (including phenoxy) is 1. The average molecular weight is 461 g/mol. The van der Waals surface area contributed by atoms with Crippen LogP contribution in [0.5, 0.6) is 0 Å². The summed E-state index contributed by atoms with van der Waals surface area (Å²) in [5.74, 6) is -1.14. The van der Waals surface area contributed by atoms with Crippen molar-refractivity contribution in [2.45, 2.75) is 106 Å². The van der Waals surface area contributed by atoms with Gasteiger partial charge in [0.1, 0.15) is 0 Å². The number of aliphatic hydroxyl groups is 1. The smallest absolute Gasteiger partial charge is 0.335 e. The lowest BCUT2D eigenvalue weighted by atomic mass is 9.85. The van der Waals surface area contributed by atoms with Crippen molar-refractivity contribution in [2.24, 2.45) is 5.41 Å². The van der Waals surface area contributed by atoms with Crippen molar-refractivity contribution in [3.8, 4) is 0 Å². The summed E-state index contributed by atoms with van der Waals surface area (Å²) in [5.41, 5.74) is 5.37. The lowest BCUT2D eigenvalue weighted by molar-refractivity contribution is -0.156. The Bertz CT molecular complexity index is 716. The predicted molar refractivity (Wildman–Crippen MR) is 140 cm³/mol. The quantitative estimate of drug-likeness (QED) is 0.220. The molecule has 4 heteroatoms. The Kier molecular flexibility index (Phi) is 15.7. The van der Waals surface area contributed by atoms with Crippen molar-refractivity contribution < 1.29 is 19.7 Å². The highest BCUT2D eigenvalue weighted by atomic mass is 16.5. The summed E-state index contributed by atoms with van der Waals surface area (Å²) < 4.78 is 5.25. The van der Waals surface area contributed by atoms with Crippen molar-refractivity contribution in [1.29, 1.82) is 0 Å². The largest absolute Gasteiger partial charge is 0.479 e. The number of carbonyl (C=O) groups is 1. The fourth-order valence-corrected chi connectivity index (χ4v) is 3.22. The number of carboxylic acid groups (broad SMARTS) is 1. The highest BCUT2D eigenvalue weighted by Crippen LogP contribution is 2.27. The third kappa shape index (κ3) is 17.3. The highest BCUT2D eigenvalue weighted by Gasteiger charge is 2.23. The van der Waals surface area contributed by atoms with Crippen molar-refractivity contribution in [3.63, 3.8) is 0 Å². The molecule has 33 heavy (non-hydrogen) atoms. The molecular formula is C29H48O4. The third-order valence-corrected chi connectivity index (χ3v) is 5.62. The zero-order valence-corrected chi connectivity index (χ0v) is 22.1. The topological polar surface area (TPSA) is 66.8 Å². The van der Waals surface area contributed by atoms with Gasteiger partial charge in [-0.2, -0.15) is 0 Å². The van der Waals surface area contributed by atoms with Crippen LogP contribution in [-0.4, -0.2) is 35.0 Å². The van der Waals surface area contributed by atoms with Crippen LogP contribution in [0.15, 0.2) is 59.3 Å². The van der Waals surface area contributed by atoms with Gasteiger partial charge in [0.05, 0.1) is 12.7 Å². The summed E-state index contributed by atoms with van der Waals surface area (Å²) in [4.78, 5) is 11.0. The Balaban J connectivity index is 4.31. The number of aliphatic carboxylic acids is 1. The molecule has 0 saturated heterocycles. The molecule has 2 N–H and O–H groups in total. The molecule has 0 aliphatic rings. The van der Waals surface area contributed by atoms with Crippen molar-refractivity contribution >= 4 is 5.97 Å². The maximum atomic E-state index is 11.0. The summed E-state index contributed by atoms with van der Waals surface area (Å²) in [6.45, 7) is 18.9. The lowest BCUT2D eigenvalue weighted by Gasteiger charge is -2.20. The van der Waals surface area contributed by atoms with Gasteiger partial charge >= 0.3 is 5.97 Å². The van der Waals surface area contributed by atoms with E-state index >= 15 is 0 Å². The molecule has 0 aliphatic heterocycles. The fourth-order valence-electron chi connectivity index (χ4n) is 3.22. The minimum Gasteiger partial charge on any atom is -0.479 e. The van der Waals surface area contributed by atoms with Crippen LogP contribution in [0.25, 0.3) is 0 Å². The van der Waals surface area contributed by atoms with Crippen LogP contribution in [0.1, 0.15) is 93.4 Å².